The van der Waals surface area contributed by atoms with Crippen LogP contribution in [0.1, 0.15) is 10.9 Å². The van der Waals surface area contributed by atoms with E-state index in [0.29, 0.717) is 6.54 Å². The summed E-state index contributed by atoms with van der Waals surface area (Å²) in [7, 11) is 0. The van der Waals surface area contributed by atoms with Gasteiger partial charge in [0.25, 0.3) is 0 Å². The number of hydrogen-bond donors (Lipinski definition) is 2. The van der Waals surface area contributed by atoms with Crippen LogP contribution in [0.15, 0.2) is 30.2 Å². The molecule has 0 saturated heterocycles. The minimum Gasteiger partial charge on any atom is -0.329 e. The molecule has 0 spiro atoms. The molecular formula is C9H14N2S. The molecule has 1 atom stereocenters. The molecule has 0 aromatic carbocycles. The molecule has 3 heteroatoms. The average Bonchev–Trinajstić information content (AvgIpc) is 2.59. The van der Waals surface area contributed by atoms with Crippen molar-refractivity contribution in [1.29, 1.82) is 0 Å². The van der Waals surface area contributed by atoms with E-state index in [-0.39, 0.29) is 6.04 Å². The number of nitrogens with two attached hydrogens (primary N) is 1. The van der Waals surface area contributed by atoms with E-state index < -0.39 is 0 Å². The fourth-order valence-electron chi connectivity index (χ4n) is 1.02. The highest BCUT2D eigenvalue weighted by Crippen LogP contribution is 2.17. The molecule has 12 heavy (non-hydrogen) atoms. The molecule has 1 unspecified atom stereocenters. The zero-order valence-electron chi connectivity index (χ0n) is 6.99. The zero-order valence-corrected chi connectivity index (χ0v) is 7.81. The molecule has 66 valence electrons. The van der Waals surface area contributed by atoms with Gasteiger partial charge in [0, 0.05) is 18.0 Å². The number of hydrogen-bond acceptors (Lipinski definition) is 3. The Bertz CT molecular complexity index is 218. The highest BCUT2D eigenvalue weighted by Gasteiger charge is 2.07. The molecule has 0 bridgehead atoms. The van der Waals surface area contributed by atoms with Crippen LogP contribution in [0.2, 0.25) is 0 Å². The van der Waals surface area contributed by atoms with E-state index in [1.54, 1.807) is 11.3 Å². The van der Waals surface area contributed by atoms with Gasteiger partial charge >= 0.3 is 0 Å². The van der Waals surface area contributed by atoms with Gasteiger partial charge in [0.15, 0.2) is 0 Å². The largest absolute Gasteiger partial charge is 0.329 e. The third-order valence-corrected chi connectivity index (χ3v) is 2.62. The minimum absolute atomic E-state index is 0.281. The molecule has 0 aliphatic rings. The lowest BCUT2D eigenvalue weighted by Crippen LogP contribution is -2.27. The van der Waals surface area contributed by atoms with E-state index in [0.717, 1.165) is 6.54 Å². The maximum absolute atomic E-state index is 5.61. The molecule has 0 fully saturated rings. The highest BCUT2D eigenvalue weighted by atomic mass is 32.1. The lowest BCUT2D eigenvalue weighted by atomic mass is 10.2. The first kappa shape index (κ1) is 9.45. The van der Waals surface area contributed by atoms with Crippen molar-refractivity contribution in [2.45, 2.75) is 6.04 Å². The van der Waals surface area contributed by atoms with Gasteiger partial charge in [0.2, 0.25) is 0 Å². The van der Waals surface area contributed by atoms with Crippen LogP contribution in [-0.2, 0) is 0 Å². The van der Waals surface area contributed by atoms with E-state index in [2.05, 4.69) is 23.3 Å². The summed E-state index contributed by atoms with van der Waals surface area (Å²) >= 11 is 1.73. The molecule has 0 saturated carbocycles. The van der Waals surface area contributed by atoms with Crippen molar-refractivity contribution in [3.8, 4) is 0 Å². The van der Waals surface area contributed by atoms with E-state index in [9.17, 15) is 0 Å². The van der Waals surface area contributed by atoms with E-state index >= 15 is 0 Å². The molecule has 0 aliphatic carbocycles. The second-order valence-corrected chi connectivity index (χ2v) is 3.48. The number of thiophene rings is 1. The smallest absolute Gasteiger partial charge is 0.0541 e. The summed E-state index contributed by atoms with van der Waals surface area (Å²) in [6, 6.07) is 4.42. The summed E-state index contributed by atoms with van der Waals surface area (Å²) < 4.78 is 0. The van der Waals surface area contributed by atoms with Crippen LogP contribution in [-0.4, -0.2) is 13.1 Å². The third-order valence-electron chi connectivity index (χ3n) is 1.63. The Morgan fingerprint density at radius 3 is 3.08 bits per heavy atom. The highest BCUT2D eigenvalue weighted by molar-refractivity contribution is 7.10. The van der Waals surface area contributed by atoms with E-state index in [1.165, 1.54) is 4.88 Å². The van der Waals surface area contributed by atoms with Gasteiger partial charge in [0.05, 0.1) is 6.04 Å². The first-order chi connectivity index (χ1) is 5.88. The van der Waals surface area contributed by atoms with Crippen LogP contribution < -0.4 is 11.1 Å². The first-order valence-electron chi connectivity index (χ1n) is 3.96. The van der Waals surface area contributed by atoms with Gasteiger partial charge in [-0.2, -0.15) is 0 Å². The first-order valence-corrected chi connectivity index (χ1v) is 4.84. The Morgan fingerprint density at radius 2 is 2.58 bits per heavy atom. The summed E-state index contributed by atoms with van der Waals surface area (Å²) in [6.07, 6.45) is 1.84. The zero-order chi connectivity index (χ0) is 8.81. The Labute approximate surface area is 77.1 Å². The lowest BCUT2D eigenvalue weighted by Gasteiger charge is -2.13. The monoisotopic (exact) mass is 182 g/mol. The Hall–Kier alpha value is -0.640. The molecule has 2 nitrogen and oxygen atoms in total. The maximum Gasteiger partial charge on any atom is 0.0541 e. The van der Waals surface area contributed by atoms with Gasteiger partial charge in [-0.3, -0.25) is 0 Å². The van der Waals surface area contributed by atoms with Crippen LogP contribution in [0.4, 0.5) is 0 Å². The fourth-order valence-corrected chi connectivity index (χ4v) is 1.83. The van der Waals surface area contributed by atoms with Crippen molar-refractivity contribution in [2.75, 3.05) is 13.1 Å². The Kier molecular flexibility index (Phi) is 4.00. The molecule has 0 radical (unpaired) electrons. The molecular weight excluding hydrogens is 168 g/mol. The molecule has 1 heterocycles. The van der Waals surface area contributed by atoms with Gasteiger partial charge in [0.1, 0.15) is 0 Å². The third kappa shape index (κ3) is 2.44. The normalized spacial score (nSPS) is 12.8. The summed E-state index contributed by atoms with van der Waals surface area (Å²) in [5.41, 5.74) is 5.61. The van der Waals surface area contributed by atoms with E-state index in [4.69, 9.17) is 5.73 Å². The number of rotatable bonds is 5. The van der Waals surface area contributed by atoms with Crippen LogP contribution in [0.5, 0.6) is 0 Å². The van der Waals surface area contributed by atoms with Crippen LogP contribution in [0.3, 0.4) is 0 Å². The minimum atomic E-state index is 0.281. The Balaban J connectivity index is 2.51. The molecule has 0 amide bonds. The van der Waals surface area contributed by atoms with Gasteiger partial charge in [-0.15, -0.1) is 17.9 Å². The van der Waals surface area contributed by atoms with Crippen molar-refractivity contribution >= 4 is 11.3 Å². The van der Waals surface area contributed by atoms with Crippen molar-refractivity contribution in [1.82, 2.24) is 5.32 Å². The van der Waals surface area contributed by atoms with Gasteiger partial charge in [-0.05, 0) is 11.4 Å². The summed E-state index contributed by atoms with van der Waals surface area (Å²) in [4.78, 5) is 1.29. The Morgan fingerprint density at radius 1 is 1.75 bits per heavy atom. The fraction of sp³-hybridized carbons (Fsp3) is 0.333. The predicted molar refractivity (Wildman–Crippen MR) is 54.3 cm³/mol. The van der Waals surface area contributed by atoms with Crippen molar-refractivity contribution in [3.63, 3.8) is 0 Å². The summed E-state index contributed by atoms with van der Waals surface area (Å²) in [5.74, 6) is 0. The molecule has 1 rings (SSSR count). The van der Waals surface area contributed by atoms with Crippen LogP contribution in [0, 0.1) is 0 Å². The van der Waals surface area contributed by atoms with Crippen LogP contribution in [0.25, 0.3) is 0 Å². The van der Waals surface area contributed by atoms with Gasteiger partial charge in [-0.1, -0.05) is 12.1 Å². The van der Waals surface area contributed by atoms with E-state index in [1.807, 2.05) is 12.1 Å². The second-order valence-electron chi connectivity index (χ2n) is 2.50. The van der Waals surface area contributed by atoms with Gasteiger partial charge in [-0.25, -0.2) is 0 Å². The number of nitrogens with one attached hydrogen (secondary N) is 1. The summed E-state index contributed by atoms with van der Waals surface area (Å²) in [6.45, 7) is 5.09. The predicted octanol–water partition coefficient (Wildman–Crippen LogP) is 1.52. The summed E-state index contributed by atoms with van der Waals surface area (Å²) in [5, 5.41) is 5.35. The van der Waals surface area contributed by atoms with Gasteiger partial charge < -0.3 is 11.1 Å². The maximum atomic E-state index is 5.61. The second kappa shape index (κ2) is 5.09. The standard InChI is InChI=1S/C9H14N2S/c1-2-5-11-8(7-10)9-4-3-6-12-9/h2-4,6,8,11H,1,5,7,10H2. The molecule has 1 aromatic heterocycles. The van der Waals surface area contributed by atoms with Crippen LogP contribution >= 0.6 is 11.3 Å². The topological polar surface area (TPSA) is 38.0 Å². The average molecular weight is 182 g/mol. The molecule has 3 N–H and O–H groups in total. The lowest BCUT2D eigenvalue weighted by molar-refractivity contribution is 0.587. The molecule has 0 aliphatic heterocycles. The quantitative estimate of drug-likeness (QED) is 0.678. The molecule has 1 aromatic rings. The van der Waals surface area contributed by atoms with Crippen molar-refractivity contribution in [3.05, 3.63) is 35.0 Å². The van der Waals surface area contributed by atoms with Crippen molar-refractivity contribution < 1.29 is 0 Å². The van der Waals surface area contributed by atoms with Crippen molar-refractivity contribution in [2.24, 2.45) is 5.73 Å². The SMILES string of the molecule is C=CCNC(CN)c1cccs1.